The highest BCUT2D eigenvalue weighted by atomic mass is 16.5. The number of unbranched alkanes of at least 4 members (excludes halogenated alkanes) is 12. The fourth-order valence-corrected chi connectivity index (χ4v) is 3.29. The summed E-state index contributed by atoms with van der Waals surface area (Å²) >= 11 is 0. The van der Waals surface area contributed by atoms with Gasteiger partial charge in [-0.15, -0.1) is 0 Å². The molecule has 0 fully saturated rings. The minimum Gasteiger partial charge on any atom is -0.462 e. The molecule has 0 aromatic heterocycles. The van der Waals surface area contributed by atoms with Crippen LogP contribution in [0.5, 0.6) is 0 Å². The van der Waals surface area contributed by atoms with Gasteiger partial charge in [0.2, 0.25) is 0 Å². The number of allylic oxidation sites excluding steroid dienone is 2. The summed E-state index contributed by atoms with van der Waals surface area (Å²) in [5.41, 5.74) is 1.81. The standard InChI is InChI=1S/C26H42O2/c1-3-4-5-6-7-8-9-10-11-12-13-14-15-16-17-18-23-28-26(27)25-21-19-24(2)20-22-25/h10-11,19-22H,3-9,12-18,23H2,1-2H3/b11-10-. The van der Waals surface area contributed by atoms with Crippen molar-refractivity contribution in [3.05, 3.63) is 47.5 Å². The first kappa shape index (κ1) is 24.5. The second kappa shape index (κ2) is 17.5. The minimum atomic E-state index is -0.201. The highest BCUT2D eigenvalue weighted by molar-refractivity contribution is 5.89. The maximum Gasteiger partial charge on any atom is 0.338 e. The molecule has 28 heavy (non-hydrogen) atoms. The van der Waals surface area contributed by atoms with Gasteiger partial charge in [-0.05, 0) is 51.2 Å². The molecule has 1 aromatic rings. The van der Waals surface area contributed by atoms with Crippen LogP contribution in [0.1, 0.15) is 113 Å². The Morgan fingerprint density at radius 3 is 1.82 bits per heavy atom. The number of rotatable bonds is 17. The molecule has 1 aromatic carbocycles. The summed E-state index contributed by atoms with van der Waals surface area (Å²) < 4.78 is 5.34. The van der Waals surface area contributed by atoms with Crippen molar-refractivity contribution < 1.29 is 9.53 Å². The number of hydrogen-bond acceptors (Lipinski definition) is 2. The molecule has 0 saturated heterocycles. The third-order valence-corrected chi connectivity index (χ3v) is 5.18. The van der Waals surface area contributed by atoms with E-state index in [4.69, 9.17) is 4.74 Å². The highest BCUT2D eigenvalue weighted by Gasteiger charge is 2.05. The molecule has 2 heteroatoms. The lowest BCUT2D eigenvalue weighted by Crippen LogP contribution is -2.06. The topological polar surface area (TPSA) is 26.3 Å². The maximum absolute atomic E-state index is 11.9. The van der Waals surface area contributed by atoms with E-state index in [0.29, 0.717) is 12.2 Å². The Labute approximate surface area is 173 Å². The molecule has 0 spiro atoms. The van der Waals surface area contributed by atoms with Crippen molar-refractivity contribution in [2.24, 2.45) is 0 Å². The second-order valence-electron chi connectivity index (χ2n) is 7.94. The molecular weight excluding hydrogens is 344 g/mol. The molecule has 0 saturated carbocycles. The average molecular weight is 387 g/mol. The van der Waals surface area contributed by atoms with Crippen LogP contribution >= 0.6 is 0 Å². The largest absolute Gasteiger partial charge is 0.462 e. The van der Waals surface area contributed by atoms with E-state index in [-0.39, 0.29) is 5.97 Å². The summed E-state index contributed by atoms with van der Waals surface area (Å²) in [7, 11) is 0. The predicted molar refractivity (Wildman–Crippen MR) is 121 cm³/mol. The van der Waals surface area contributed by atoms with E-state index in [1.54, 1.807) is 0 Å². The van der Waals surface area contributed by atoms with Gasteiger partial charge in [0, 0.05) is 0 Å². The molecule has 0 atom stereocenters. The summed E-state index contributed by atoms with van der Waals surface area (Å²) in [4.78, 5) is 11.9. The van der Waals surface area contributed by atoms with Crippen molar-refractivity contribution in [3.63, 3.8) is 0 Å². The Balaban J connectivity index is 1.83. The first-order valence-electron chi connectivity index (χ1n) is 11.6. The molecular formula is C26H42O2. The quantitative estimate of drug-likeness (QED) is 0.153. The van der Waals surface area contributed by atoms with Crippen molar-refractivity contribution in [1.82, 2.24) is 0 Å². The number of benzene rings is 1. The molecule has 2 nitrogen and oxygen atoms in total. The summed E-state index contributed by atoms with van der Waals surface area (Å²) in [6.07, 6.45) is 22.8. The lowest BCUT2D eigenvalue weighted by Gasteiger charge is -2.05. The molecule has 0 aliphatic carbocycles. The fourth-order valence-electron chi connectivity index (χ4n) is 3.29. The summed E-state index contributed by atoms with van der Waals surface area (Å²) in [5, 5.41) is 0. The zero-order valence-electron chi connectivity index (χ0n) is 18.4. The van der Waals surface area contributed by atoms with Gasteiger partial charge in [0.15, 0.2) is 0 Å². The summed E-state index contributed by atoms with van der Waals surface area (Å²) in [6, 6.07) is 7.56. The lowest BCUT2D eigenvalue weighted by atomic mass is 10.1. The molecule has 0 aliphatic heterocycles. The van der Waals surface area contributed by atoms with Gasteiger partial charge >= 0.3 is 5.97 Å². The van der Waals surface area contributed by atoms with E-state index in [0.717, 1.165) is 18.4 Å². The molecule has 0 heterocycles. The normalized spacial score (nSPS) is 11.2. The second-order valence-corrected chi connectivity index (χ2v) is 7.94. The first-order chi connectivity index (χ1) is 13.7. The number of hydrogen-bond donors (Lipinski definition) is 0. The number of carbonyl (C=O) groups excluding carboxylic acids is 1. The zero-order valence-corrected chi connectivity index (χ0v) is 18.4. The molecule has 0 aliphatic rings. The number of ether oxygens (including phenoxy) is 1. The molecule has 1 rings (SSSR count). The molecule has 0 bridgehead atoms. The van der Waals surface area contributed by atoms with Gasteiger partial charge in [0.1, 0.15) is 0 Å². The van der Waals surface area contributed by atoms with Crippen molar-refractivity contribution in [3.8, 4) is 0 Å². The van der Waals surface area contributed by atoms with E-state index in [2.05, 4.69) is 19.1 Å². The Bertz CT molecular complexity index is 516. The van der Waals surface area contributed by atoms with Crippen LogP contribution in [0.25, 0.3) is 0 Å². The van der Waals surface area contributed by atoms with Crippen LogP contribution in [0.4, 0.5) is 0 Å². The Kier molecular flexibility index (Phi) is 15.3. The van der Waals surface area contributed by atoms with Gasteiger partial charge < -0.3 is 4.74 Å². The van der Waals surface area contributed by atoms with Gasteiger partial charge in [-0.2, -0.15) is 0 Å². The number of esters is 1. The van der Waals surface area contributed by atoms with Crippen molar-refractivity contribution in [1.29, 1.82) is 0 Å². The smallest absolute Gasteiger partial charge is 0.338 e. The van der Waals surface area contributed by atoms with Crippen LogP contribution in [0.2, 0.25) is 0 Å². The Hall–Kier alpha value is -1.57. The van der Waals surface area contributed by atoms with Gasteiger partial charge in [-0.3, -0.25) is 0 Å². The van der Waals surface area contributed by atoms with E-state index in [1.165, 1.54) is 77.0 Å². The van der Waals surface area contributed by atoms with Gasteiger partial charge in [-0.1, -0.05) is 94.6 Å². The van der Waals surface area contributed by atoms with Gasteiger partial charge in [0.05, 0.1) is 12.2 Å². The number of carbonyl (C=O) groups is 1. The number of aryl methyl sites for hydroxylation is 1. The Morgan fingerprint density at radius 2 is 1.25 bits per heavy atom. The molecule has 0 N–H and O–H groups in total. The van der Waals surface area contributed by atoms with Crippen molar-refractivity contribution in [2.45, 2.75) is 104 Å². The van der Waals surface area contributed by atoms with Crippen LogP contribution < -0.4 is 0 Å². The molecule has 0 amide bonds. The van der Waals surface area contributed by atoms with Crippen LogP contribution in [0, 0.1) is 6.92 Å². The summed E-state index contributed by atoms with van der Waals surface area (Å²) in [6.45, 7) is 4.82. The zero-order chi connectivity index (χ0) is 20.3. The summed E-state index contributed by atoms with van der Waals surface area (Å²) in [5.74, 6) is -0.201. The monoisotopic (exact) mass is 386 g/mol. The predicted octanol–water partition coefficient (Wildman–Crippen LogP) is 8.19. The van der Waals surface area contributed by atoms with Crippen LogP contribution in [-0.2, 0) is 4.74 Å². The van der Waals surface area contributed by atoms with E-state index >= 15 is 0 Å². The molecule has 0 radical (unpaired) electrons. The average Bonchev–Trinajstić information content (AvgIpc) is 2.70. The molecule has 0 unspecified atom stereocenters. The van der Waals surface area contributed by atoms with Crippen LogP contribution in [0.3, 0.4) is 0 Å². The first-order valence-corrected chi connectivity index (χ1v) is 11.6. The minimum absolute atomic E-state index is 0.201. The van der Waals surface area contributed by atoms with Crippen molar-refractivity contribution in [2.75, 3.05) is 6.61 Å². The lowest BCUT2D eigenvalue weighted by molar-refractivity contribution is 0.0497. The third kappa shape index (κ3) is 13.6. The molecule has 158 valence electrons. The third-order valence-electron chi connectivity index (χ3n) is 5.18. The van der Waals surface area contributed by atoms with E-state index < -0.39 is 0 Å². The van der Waals surface area contributed by atoms with E-state index in [9.17, 15) is 4.79 Å². The highest BCUT2D eigenvalue weighted by Crippen LogP contribution is 2.10. The Morgan fingerprint density at radius 1 is 0.750 bits per heavy atom. The van der Waals surface area contributed by atoms with E-state index in [1.807, 2.05) is 31.2 Å². The SMILES string of the molecule is CCCCCCCC/C=C\CCCCCCCCOC(=O)c1ccc(C)cc1. The van der Waals surface area contributed by atoms with Gasteiger partial charge in [-0.25, -0.2) is 4.79 Å². The van der Waals surface area contributed by atoms with Gasteiger partial charge in [0.25, 0.3) is 0 Å². The fraction of sp³-hybridized carbons (Fsp3) is 0.654. The van der Waals surface area contributed by atoms with Crippen LogP contribution in [-0.4, -0.2) is 12.6 Å². The van der Waals surface area contributed by atoms with Crippen molar-refractivity contribution >= 4 is 5.97 Å². The van der Waals surface area contributed by atoms with Crippen LogP contribution in [0.15, 0.2) is 36.4 Å². The maximum atomic E-state index is 11.9.